The third-order valence-corrected chi connectivity index (χ3v) is 3.96. The Hall–Kier alpha value is -1.84. The molecule has 0 aromatic heterocycles. The summed E-state index contributed by atoms with van der Waals surface area (Å²) in [5, 5.41) is 3.10. The van der Waals surface area contributed by atoms with Gasteiger partial charge in [-0.15, -0.1) is 0 Å². The maximum Gasteiger partial charge on any atom is 0.305 e. The third kappa shape index (κ3) is 4.86. The first-order chi connectivity index (χ1) is 10.7. The van der Waals surface area contributed by atoms with Gasteiger partial charge in [-0.1, -0.05) is 31.2 Å². The highest BCUT2D eigenvalue weighted by molar-refractivity contribution is 5.77. The van der Waals surface area contributed by atoms with Crippen molar-refractivity contribution in [1.29, 1.82) is 0 Å². The fourth-order valence-corrected chi connectivity index (χ4v) is 2.85. The van der Waals surface area contributed by atoms with Gasteiger partial charge in [-0.2, -0.15) is 0 Å². The molecule has 1 aliphatic carbocycles. The van der Waals surface area contributed by atoms with Gasteiger partial charge in [0.2, 0.25) is 5.91 Å². The van der Waals surface area contributed by atoms with Crippen LogP contribution in [0.3, 0.4) is 0 Å². The fraction of sp³-hybridized carbons (Fsp3) is 0.556. The number of fused-ring (bicyclic) bond motifs is 1. The molecule has 4 nitrogen and oxygen atoms in total. The second kappa shape index (κ2) is 8.57. The van der Waals surface area contributed by atoms with E-state index in [4.69, 9.17) is 4.74 Å². The number of carbonyl (C=O) groups is 2. The normalized spacial score (nSPS) is 16.7. The Kier molecular flexibility index (Phi) is 6.44. The van der Waals surface area contributed by atoms with Crippen molar-refractivity contribution in [2.24, 2.45) is 0 Å². The third-order valence-electron chi connectivity index (χ3n) is 3.96. The average molecular weight is 303 g/mol. The van der Waals surface area contributed by atoms with Crippen molar-refractivity contribution in [2.45, 2.75) is 57.9 Å². The zero-order valence-corrected chi connectivity index (χ0v) is 13.3. The number of esters is 1. The number of benzene rings is 1. The number of rotatable bonds is 7. The lowest BCUT2D eigenvalue weighted by molar-refractivity contribution is -0.143. The van der Waals surface area contributed by atoms with Crippen LogP contribution in [-0.4, -0.2) is 18.5 Å². The van der Waals surface area contributed by atoms with Gasteiger partial charge in [0.05, 0.1) is 12.6 Å². The molecular formula is C18H25NO3. The van der Waals surface area contributed by atoms with Crippen LogP contribution in [0.5, 0.6) is 0 Å². The molecule has 0 bridgehead atoms. The largest absolute Gasteiger partial charge is 0.466 e. The minimum atomic E-state index is -0.210. The van der Waals surface area contributed by atoms with Crippen molar-refractivity contribution in [3.05, 3.63) is 35.4 Å². The topological polar surface area (TPSA) is 55.4 Å². The molecule has 0 saturated carbocycles. The maximum absolute atomic E-state index is 12.1. The van der Waals surface area contributed by atoms with E-state index in [1.54, 1.807) is 0 Å². The first kappa shape index (κ1) is 16.5. The lowest BCUT2D eigenvalue weighted by Gasteiger charge is -2.26. The van der Waals surface area contributed by atoms with Gasteiger partial charge in [0.15, 0.2) is 0 Å². The number of ether oxygens (including phenoxy) is 1. The summed E-state index contributed by atoms with van der Waals surface area (Å²) in [5.41, 5.74) is 2.58. The van der Waals surface area contributed by atoms with E-state index in [0.29, 0.717) is 25.9 Å². The highest BCUT2D eigenvalue weighted by Gasteiger charge is 2.21. The van der Waals surface area contributed by atoms with Crippen molar-refractivity contribution < 1.29 is 14.3 Å². The molecule has 0 fully saturated rings. The van der Waals surface area contributed by atoms with Crippen molar-refractivity contribution in [3.8, 4) is 0 Å². The van der Waals surface area contributed by atoms with E-state index >= 15 is 0 Å². The molecule has 0 radical (unpaired) electrons. The SMILES string of the molecule is CCCOC(=O)CCCC(=O)NC1CCCc2ccccc21. The quantitative estimate of drug-likeness (QED) is 0.786. The molecule has 0 saturated heterocycles. The van der Waals surface area contributed by atoms with Gasteiger partial charge in [0.1, 0.15) is 0 Å². The molecule has 2 rings (SSSR count). The van der Waals surface area contributed by atoms with E-state index in [1.807, 2.05) is 19.1 Å². The summed E-state index contributed by atoms with van der Waals surface area (Å²) in [6.07, 6.45) is 5.24. The summed E-state index contributed by atoms with van der Waals surface area (Å²) in [5.74, 6) is -0.192. The van der Waals surface area contributed by atoms with Crippen LogP contribution in [-0.2, 0) is 20.7 Å². The lowest BCUT2D eigenvalue weighted by atomic mass is 9.87. The zero-order valence-electron chi connectivity index (χ0n) is 13.3. The molecule has 0 heterocycles. The number of carbonyl (C=O) groups excluding carboxylic acids is 2. The molecule has 120 valence electrons. The lowest BCUT2D eigenvalue weighted by Crippen LogP contribution is -2.30. The van der Waals surface area contributed by atoms with Crippen LogP contribution in [0.1, 0.15) is 62.6 Å². The molecule has 0 spiro atoms. The van der Waals surface area contributed by atoms with Crippen LogP contribution < -0.4 is 5.32 Å². The van der Waals surface area contributed by atoms with Crippen LogP contribution in [0, 0.1) is 0 Å². The van der Waals surface area contributed by atoms with Gasteiger partial charge in [0.25, 0.3) is 0 Å². The van der Waals surface area contributed by atoms with Gasteiger partial charge in [-0.05, 0) is 43.2 Å². The molecule has 1 aliphatic rings. The maximum atomic E-state index is 12.1. The molecule has 1 aromatic carbocycles. The molecular weight excluding hydrogens is 278 g/mol. The minimum Gasteiger partial charge on any atom is -0.466 e. The van der Waals surface area contributed by atoms with E-state index in [1.165, 1.54) is 11.1 Å². The Balaban J connectivity index is 1.75. The molecule has 1 atom stereocenters. The second-order valence-electron chi connectivity index (χ2n) is 5.79. The Bertz CT molecular complexity index is 513. The van der Waals surface area contributed by atoms with Crippen LogP contribution in [0.2, 0.25) is 0 Å². The minimum absolute atomic E-state index is 0.0185. The molecule has 1 amide bonds. The smallest absolute Gasteiger partial charge is 0.305 e. The monoisotopic (exact) mass is 303 g/mol. The first-order valence-electron chi connectivity index (χ1n) is 8.23. The highest BCUT2D eigenvalue weighted by atomic mass is 16.5. The molecule has 22 heavy (non-hydrogen) atoms. The zero-order chi connectivity index (χ0) is 15.8. The van der Waals surface area contributed by atoms with E-state index < -0.39 is 0 Å². The van der Waals surface area contributed by atoms with Gasteiger partial charge < -0.3 is 10.1 Å². The first-order valence-corrected chi connectivity index (χ1v) is 8.23. The Morgan fingerprint density at radius 3 is 2.91 bits per heavy atom. The standard InChI is InChI=1S/C18H25NO3/c1-2-13-22-18(21)12-6-11-17(20)19-16-10-5-8-14-7-3-4-9-15(14)16/h3-4,7,9,16H,2,5-6,8,10-13H2,1H3,(H,19,20). The number of hydrogen-bond donors (Lipinski definition) is 1. The van der Waals surface area contributed by atoms with Crippen molar-refractivity contribution in [1.82, 2.24) is 5.32 Å². The summed E-state index contributed by atoms with van der Waals surface area (Å²) in [6, 6.07) is 8.42. The Morgan fingerprint density at radius 1 is 1.27 bits per heavy atom. The molecule has 1 N–H and O–H groups in total. The van der Waals surface area contributed by atoms with Crippen LogP contribution in [0.4, 0.5) is 0 Å². The molecule has 1 aromatic rings. The summed E-state index contributed by atoms with van der Waals surface area (Å²) < 4.78 is 5.00. The van der Waals surface area contributed by atoms with E-state index in [-0.39, 0.29) is 17.9 Å². The Morgan fingerprint density at radius 2 is 2.09 bits per heavy atom. The summed E-state index contributed by atoms with van der Waals surface area (Å²) in [6.45, 7) is 2.42. The predicted octanol–water partition coefficient (Wildman–Crippen LogP) is 3.30. The van der Waals surface area contributed by atoms with Gasteiger partial charge in [0, 0.05) is 12.8 Å². The fourth-order valence-electron chi connectivity index (χ4n) is 2.85. The number of amides is 1. The Labute approximate surface area is 132 Å². The van der Waals surface area contributed by atoms with Crippen LogP contribution in [0.25, 0.3) is 0 Å². The van der Waals surface area contributed by atoms with Crippen LogP contribution in [0.15, 0.2) is 24.3 Å². The van der Waals surface area contributed by atoms with E-state index in [0.717, 1.165) is 25.7 Å². The van der Waals surface area contributed by atoms with Crippen molar-refractivity contribution in [3.63, 3.8) is 0 Å². The molecule has 0 aliphatic heterocycles. The summed E-state index contributed by atoms with van der Waals surface area (Å²) >= 11 is 0. The summed E-state index contributed by atoms with van der Waals surface area (Å²) in [7, 11) is 0. The van der Waals surface area contributed by atoms with Crippen molar-refractivity contribution in [2.75, 3.05) is 6.61 Å². The molecule has 1 unspecified atom stereocenters. The van der Waals surface area contributed by atoms with Crippen LogP contribution >= 0.6 is 0 Å². The van der Waals surface area contributed by atoms with Gasteiger partial charge in [-0.3, -0.25) is 9.59 Å². The average Bonchev–Trinajstić information content (AvgIpc) is 2.53. The molecule has 4 heteroatoms. The van der Waals surface area contributed by atoms with Gasteiger partial charge >= 0.3 is 5.97 Å². The van der Waals surface area contributed by atoms with Gasteiger partial charge in [-0.25, -0.2) is 0 Å². The van der Waals surface area contributed by atoms with E-state index in [9.17, 15) is 9.59 Å². The predicted molar refractivity (Wildman–Crippen MR) is 85.4 cm³/mol. The number of hydrogen-bond acceptors (Lipinski definition) is 3. The number of aryl methyl sites for hydroxylation is 1. The van der Waals surface area contributed by atoms with E-state index in [2.05, 4.69) is 17.4 Å². The second-order valence-corrected chi connectivity index (χ2v) is 5.79. The highest BCUT2D eigenvalue weighted by Crippen LogP contribution is 2.29. The summed E-state index contributed by atoms with van der Waals surface area (Å²) in [4.78, 5) is 23.4. The van der Waals surface area contributed by atoms with Crippen molar-refractivity contribution >= 4 is 11.9 Å². The number of nitrogens with one attached hydrogen (secondary N) is 1.